The van der Waals surface area contributed by atoms with Crippen LogP contribution in [0.1, 0.15) is 31.0 Å². The number of nitrogens with zero attached hydrogens (tertiary/aromatic N) is 1. The van der Waals surface area contributed by atoms with E-state index in [1.807, 2.05) is 6.92 Å². The zero-order valence-electron chi connectivity index (χ0n) is 12.4. The molecule has 1 aliphatic carbocycles. The number of nitro groups is 1. The Kier molecular flexibility index (Phi) is 3.83. The largest absolute Gasteiger partial charge is 0.466 e. The molecule has 0 spiro atoms. The molecule has 0 bridgehead atoms. The van der Waals surface area contributed by atoms with Gasteiger partial charge in [-0.15, -0.1) is 0 Å². The third-order valence-electron chi connectivity index (χ3n) is 4.24. The van der Waals surface area contributed by atoms with Crippen molar-refractivity contribution in [2.24, 2.45) is 5.92 Å². The van der Waals surface area contributed by atoms with Gasteiger partial charge in [-0.05, 0) is 43.7 Å². The summed E-state index contributed by atoms with van der Waals surface area (Å²) in [7, 11) is 0. The molecule has 3 rings (SSSR count). The number of hydrogen-bond acceptors (Lipinski definition) is 4. The lowest BCUT2D eigenvalue weighted by atomic mass is 9.85. The number of fused-ring (bicyclic) bond motifs is 3. The molecule has 6 heteroatoms. The molecule has 6 nitrogen and oxygen atoms in total. The van der Waals surface area contributed by atoms with Gasteiger partial charge in [0.1, 0.15) is 0 Å². The molecule has 116 valence electrons. The van der Waals surface area contributed by atoms with Gasteiger partial charge in [-0.1, -0.05) is 0 Å². The number of aryl methyl sites for hydroxylation is 1. The molecule has 0 aliphatic heterocycles. The maximum Gasteiger partial charge on any atom is 0.306 e. The molecule has 1 aliphatic rings. The Morgan fingerprint density at radius 1 is 1.50 bits per heavy atom. The summed E-state index contributed by atoms with van der Waals surface area (Å²) < 4.78 is 5.01. The van der Waals surface area contributed by atoms with Gasteiger partial charge in [-0.2, -0.15) is 0 Å². The number of carbonyl (C=O) groups is 1. The molecule has 1 heterocycles. The number of H-pyrrole nitrogens is 1. The zero-order chi connectivity index (χ0) is 15.7. The third-order valence-corrected chi connectivity index (χ3v) is 4.24. The lowest BCUT2D eigenvalue weighted by molar-refractivity contribution is -0.384. The van der Waals surface area contributed by atoms with Gasteiger partial charge in [-0.25, -0.2) is 0 Å². The van der Waals surface area contributed by atoms with Crippen LogP contribution in [0.2, 0.25) is 0 Å². The minimum absolute atomic E-state index is 0.114. The van der Waals surface area contributed by atoms with E-state index in [1.165, 1.54) is 6.07 Å². The Balaban J connectivity index is 1.85. The number of ether oxygens (including phenoxy) is 1. The molecule has 0 radical (unpaired) electrons. The van der Waals surface area contributed by atoms with Crippen LogP contribution in [0.25, 0.3) is 10.9 Å². The van der Waals surface area contributed by atoms with Crippen LogP contribution in [0.5, 0.6) is 0 Å². The summed E-state index contributed by atoms with van der Waals surface area (Å²) in [5, 5.41) is 11.8. The number of non-ortho nitro benzene ring substituents is 1. The van der Waals surface area contributed by atoms with Crippen molar-refractivity contribution >= 4 is 22.6 Å². The van der Waals surface area contributed by atoms with E-state index in [2.05, 4.69) is 4.98 Å². The van der Waals surface area contributed by atoms with Crippen molar-refractivity contribution in [3.63, 3.8) is 0 Å². The van der Waals surface area contributed by atoms with Crippen LogP contribution in [0.4, 0.5) is 5.69 Å². The first-order valence-electron chi connectivity index (χ1n) is 7.52. The molecule has 1 atom stereocenters. The van der Waals surface area contributed by atoms with Gasteiger partial charge in [0.05, 0.1) is 11.5 Å². The average molecular weight is 302 g/mol. The molecule has 1 aromatic heterocycles. The van der Waals surface area contributed by atoms with Crippen molar-refractivity contribution in [3.8, 4) is 0 Å². The Hall–Kier alpha value is -2.37. The lowest BCUT2D eigenvalue weighted by Gasteiger charge is -2.21. The van der Waals surface area contributed by atoms with E-state index in [9.17, 15) is 14.9 Å². The molecule has 22 heavy (non-hydrogen) atoms. The molecule has 0 saturated heterocycles. The SMILES string of the molecule is CCOC(=O)CC1CCc2c([nH]c3ccc([N+](=O)[O-])cc23)C1. The quantitative estimate of drug-likeness (QED) is 0.534. The molecule has 1 N–H and O–H groups in total. The van der Waals surface area contributed by atoms with Crippen LogP contribution in [-0.4, -0.2) is 22.5 Å². The normalized spacial score (nSPS) is 17.2. The molecule has 0 fully saturated rings. The van der Waals surface area contributed by atoms with Gasteiger partial charge in [0.15, 0.2) is 0 Å². The fourth-order valence-electron chi connectivity index (χ4n) is 3.23. The number of nitro benzene ring substituents is 1. The predicted octanol–water partition coefficient (Wildman–Crippen LogP) is 3.13. The Bertz CT molecular complexity index is 735. The van der Waals surface area contributed by atoms with Crippen molar-refractivity contribution in [1.29, 1.82) is 0 Å². The van der Waals surface area contributed by atoms with Crippen molar-refractivity contribution < 1.29 is 14.5 Å². The monoisotopic (exact) mass is 302 g/mol. The summed E-state index contributed by atoms with van der Waals surface area (Å²) in [6, 6.07) is 4.91. The predicted molar refractivity (Wildman–Crippen MR) is 81.7 cm³/mol. The van der Waals surface area contributed by atoms with Crippen molar-refractivity contribution in [3.05, 3.63) is 39.6 Å². The number of benzene rings is 1. The number of nitrogens with one attached hydrogen (secondary N) is 1. The van der Waals surface area contributed by atoms with Gasteiger partial charge in [0.25, 0.3) is 5.69 Å². The van der Waals surface area contributed by atoms with Crippen molar-refractivity contribution in [2.45, 2.75) is 32.6 Å². The third kappa shape index (κ3) is 2.68. The summed E-state index contributed by atoms with van der Waals surface area (Å²) in [6.45, 7) is 2.22. The van der Waals surface area contributed by atoms with E-state index < -0.39 is 0 Å². The highest BCUT2D eigenvalue weighted by Gasteiger charge is 2.25. The maximum absolute atomic E-state index is 11.6. The van der Waals surface area contributed by atoms with Gasteiger partial charge in [-0.3, -0.25) is 14.9 Å². The second-order valence-electron chi connectivity index (χ2n) is 5.69. The summed E-state index contributed by atoms with van der Waals surface area (Å²) in [5.74, 6) is 0.122. The van der Waals surface area contributed by atoms with Gasteiger partial charge >= 0.3 is 5.97 Å². The number of carbonyl (C=O) groups excluding carboxylic acids is 1. The molecule has 0 saturated carbocycles. The first-order chi connectivity index (χ1) is 10.6. The van der Waals surface area contributed by atoms with Crippen molar-refractivity contribution in [2.75, 3.05) is 6.61 Å². The fourth-order valence-corrected chi connectivity index (χ4v) is 3.23. The first-order valence-corrected chi connectivity index (χ1v) is 7.52. The molecular weight excluding hydrogens is 284 g/mol. The van der Waals surface area contributed by atoms with E-state index in [4.69, 9.17) is 4.74 Å². The van der Waals surface area contributed by atoms with E-state index in [0.29, 0.717) is 13.0 Å². The highest BCUT2D eigenvalue weighted by Crippen LogP contribution is 2.34. The smallest absolute Gasteiger partial charge is 0.306 e. The maximum atomic E-state index is 11.6. The van der Waals surface area contributed by atoms with E-state index in [-0.39, 0.29) is 22.5 Å². The van der Waals surface area contributed by atoms with Crippen molar-refractivity contribution in [1.82, 2.24) is 4.98 Å². The van der Waals surface area contributed by atoms with E-state index >= 15 is 0 Å². The number of esters is 1. The van der Waals surface area contributed by atoms with Crippen LogP contribution in [0.3, 0.4) is 0 Å². The summed E-state index contributed by atoms with van der Waals surface area (Å²) in [6.07, 6.45) is 2.96. The van der Waals surface area contributed by atoms with Gasteiger partial charge < -0.3 is 9.72 Å². The zero-order valence-corrected chi connectivity index (χ0v) is 12.4. The Labute approximate surface area is 127 Å². The summed E-state index contributed by atoms with van der Waals surface area (Å²) >= 11 is 0. The minimum atomic E-state index is -0.370. The van der Waals surface area contributed by atoms with Gasteiger partial charge in [0, 0.05) is 35.2 Å². The number of aromatic nitrogens is 1. The lowest BCUT2D eigenvalue weighted by Crippen LogP contribution is -2.18. The fraction of sp³-hybridized carbons (Fsp3) is 0.438. The molecular formula is C16H18N2O4. The van der Waals surface area contributed by atoms with E-state index in [0.717, 1.165) is 41.4 Å². The molecule has 0 amide bonds. The molecule has 1 aromatic carbocycles. The van der Waals surface area contributed by atoms with Crippen LogP contribution >= 0.6 is 0 Å². The summed E-state index contributed by atoms with van der Waals surface area (Å²) in [5.41, 5.74) is 3.28. The number of rotatable bonds is 4. The second-order valence-corrected chi connectivity index (χ2v) is 5.69. The second kappa shape index (κ2) is 5.79. The van der Waals surface area contributed by atoms with Crippen LogP contribution in [0.15, 0.2) is 18.2 Å². The van der Waals surface area contributed by atoms with Crippen LogP contribution in [-0.2, 0) is 22.4 Å². The molecule has 2 aromatic rings. The topological polar surface area (TPSA) is 85.2 Å². The van der Waals surface area contributed by atoms with Crippen LogP contribution < -0.4 is 0 Å². The summed E-state index contributed by atoms with van der Waals surface area (Å²) in [4.78, 5) is 25.5. The number of aromatic amines is 1. The first kappa shape index (κ1) is 14.6. The number of hydrogen-bond donors (Lipinski definition) is 1. The van der Waals surface area contributed by atoms with Crippen LogP contribution in [0, 0.1) is 16.0 Å². The highest BCUT2D eigenvalue weighted by atomic mass is 16.6. The average Bonchev–Trinajstić information content (AvgIpc) is 2.84. The highest BCUT2D eigenvalue weighted by molar-refractivity contribution is 5.87. The minimum Gasteiger partial charge on any atom is -0.466 e. The Morgan fingerprint density at radius 3 is 3.05 bits per heavy atom. The standard InChI is InChI=1S/C16H18N2O4/c1-2-22-16(19)8-10-3-5-12-13-9-11(18(20)21)4-6-14(13)17-15(12)7-10/h4,6,9-10,17H,2-3,5,7-8H2,1H3. The molecule has 1 unspecified atom stereocenters. The van der Waals surface area contributed by atoms with Gasteiger partial charge in [0.2, 0.25) is 0 Å². The van der Waals surface area contributed by atoms with E-state index in [1.54, 1.807) is 12.1 Å². The Morgan fingerprint density at radius 2 is 2.32 bits per heavy atom.